The molecule has 0 spiro atoms. The molecule has 1 aliphatic rings. The number of hydrogen-bond donors (Lipinski definition) is 0. The first kappa shape index (κ1) is 22.9. The summed E-state index contributed by atoms with van der Waals surface area (Å²) in [5.74, 6) is 0.0776. The van der Waals surface area contributed by atoms with Crippen LogP contribution < -0.4 is 0 Å². The second-order valence-electron chi connectivity index (χ2n) is 7.72. The molecule has 0 saturated carbocycles. The quantitative estimate of drug-likeness (QED) is 0.297. The zero-order valence-electron chi connectivity index (χ0n) is 17.3. The molecule has 0 fully saturated rings. The second kappa shape index (κ2) is 10.5. The van der Waals surface area contributed by atoms with E-state index in [1.807, 2.05) is 48.5 Å². The van der Waals surface area contributed by atoms with Gasteiger partial charge >= 0.3 is 5.66 Å². The second-order valence-corrected chi connectivity index (χ2v) is 8.59. The molecule has 156 valence electrons. The van der Waals surface area contributed by atoms with E-state index in [-0.39, 0.29) is 11.8 Å². The SMILES string of the molecule is [C-]#[N+]C(CC=C)([N+]#[C-])C1=CCCC[C@H]1[C@@H](/C=C/c1ccc(Cl)cc1)c1ccc(Cl)cc1. The van der Waals surface area contributed by atoms with Gasteiger partial charge in [-0.3, -0.25) is 0 Å². The zero-order valence-corrected chi connectivity index (χ0v) is 18.8. The molecular formula is C27H24Cl2N2. The normalized spacial score (nSPS) is 17.4. The van der Waals surface area contributed by atoms with Crippen molar-refractivity contribution in [1.29, 1.82) is 0 Å². The van der Waals surface area contributed by atoms with Gasteiger partial charge in [-0.05, 0) is 54.7 Å². The Labute approximate surface area is 195 Å². The molecule has 0 heterocycles. The number of allylic oxidation sites excluding steroid dienone is 2. The smallest absolute Gasteiger partial charge is 0.226 e. The highest BCUT2D eigenvalue weighted by atomic mass is 35.5. The molecule has 3 rings (SSSR count). The van der Waals surface area contributed by atoms with E-state index in [0.717, 1.165) is 36.0 Å². The molecule has 0 N–H and O–H groups in total. The fourth-order valence-corrected chi connectivity index (χ4v) is 4.50. The summed E-state index contributed by atoms with van der Waals surface area (Å²) in [5, 5.41) is 1.39. The number of benzene rings is 2. The number of hydrogen-bond acceptors (Lipinski definition) is 0. The summed E-state index contributed by atoms with van der Waals surface area (Å²) < 4.78 is 0. The molecule has 0 bridgehead atoms. The van der Waals surface area contributed by atoms with E-state index in [9.17, 15) is 0 Å². The first-order valence-corrected chi connectivity index (χ1v) is 11.1. The Morgan fingerprint density at radius 3 is 2.23 bits per heavy atom. The van der Waals surface area contributed by atoms with E-state index in [1.165, 1.54) is 0 Å². The van der Waals surface area contributed by atoms with E-state index in [1.54, 1.807) is 6.08 Å². The summed E-state index contributed by atoms with van der Waals surface area (Å²) in [6.07, 6.45) is 11.3. The lowest BCUT2D eigenvalue weighted by Crippen LogP contribution is -2.31. The van der Waals surface area contributed by atoms with Crippen LogP contribution in [0.5, 0.6) is 0 Å². The third kappa shape index (κ3) is 5.29. The van der Waals surface area contributed by atoms with Crippen LogP contribution in [-0.2, 0) is 0 Å². The highest BCUT2D eigenvalue weighted by molar-refractivity contribution is 6.30. The van der Waals surface area contributed by atoms with Gasteiger partial charge in [0.25, 0.3) is 0 Å². The van der Waals surface area contributed by atoms with Crippen molar-refractivity contribution in [3.8, 4) is 0 Å². The van der Waals surface area contributed by atoms with E-state index in [4.69, 9.17) is 36.3 Å². The standard InChI is InChI=1S/C27H24Cl2N2/c1-4-19-27(30-2,31-3)26-8-6-5-7-25(26)24(21-12-16-23(29)17-13-21)18-11-20-9-14-22(28)15-10-20/h4,8-18,24-25H,1,5-7,19H2/b18-11+/t24-,25-/m0/s1. The topological polar surface area (TPSA) is 8.72 Å². The van der Waals surface area contributed by atoms with Gasteiger partial charge in [0.1, 0.15) is 12.0 Å². The van der Waals surface area contributed by atoms with Crippen molar-refractivity contribution >= 4 is 29.3 Å². The van der Waals surface area contributed by atoms with Gasteiger partial charge in [-0.25, -0.2) is 22.8 Å². The molecule has 0 aromatic heterocycles. The predicted octanol–water partition coefficient (Wildman–Crippen LogP) is 8.63. The molecule has 0 radical (unpaired) electrons. The van der Waals surface area contributed by atoms with Crippen LogP contribution in [0.3, 0.4) is 0 Å². The monoisotopic (exact) mass is 446 g/mol. The lowest BCUT2D eigenvalue weighted by atomic mass is 9.70. The van der Waals surface area contributed by atoms with Gasteiger partial charge in [0, 0.05) is 21.9 Å². The zero-order chi connectivity index (χ0) is 22.3. The lowest BCUT2D eigenvalue weighted by Gasteiger charge is -2.31. The van der Waals surface area contributed by atoms with Crippen LogP contribution in [0.15, 0.2) is 78.9 Å². The minimum absolute atomic E-state index is 0.0205. The van der Waals surface area contributed by atoms with Crippen LogP contribution in [0, 0.1) is 19.1 Å². The van der Waals surface area contributed by atoms with Gasteiger partial charge in [-0.1, -0.05) is 71.8 Å². The summed E-state index contributed by atoms with van der Waals surface area (Å²) in [6.45, 7) is 19.5. The molecule has 2 nitrogen and oxygen atoms in total. The van der Waals surface area contributed by atoms with Crippen molar-refractivity contribution in [3.05, 3.63) is 123 Å². The van der Waals surface area contributed by atoms with Crippen LogP contribution in [0.1, 0.15) is 42.7 Å². The van der Waals surface area contributed by atoms with Gasteiger partial charge < -0.3 is 0 Å². The van der Waals surface area contributed by atoms with E-state index < -0.39 is 5.66 Å². The first-order chi connectivity index (χ1) is 15.0. The maximum atomic E-state index is 7.84. The van der Waals surface area contributed by atoms with Crippen LogP contribution in [0.4, 0.5) is 0 Å². The van der Waals surface area contributed by atoms with Crippen LogP contribution in [-0.4, -0.2) is 5.66 Å². The molecule has 2 atom stereocenters. The average Bonchev–Trinajstić information content (AvgIpc) is 2.80. The van der Waals surface area contributed by atoms with E-state index >= 15 is 0 Å². The van der Waals surface area contributed by atoms with Gasteiger partial charge in [-0.15, -0.1) is 6.58 Å². The summed E-state index contributed by atoms with van der Waals surface area (Å²) in [5.41, 5.74) is 1.88. The van der Waals surface area contributed by atoms with Gasteiger partial charge in [0.05, 0.1) is 0 Å². The van der Waals surface area contributed by atoms with Crippen molar-refractivity contribution < 1.29 is 0 Å². The molecule has 2 aromatic rings. The van der Waals surface area contributed by atoms with Crippen molar-refractivity contribution in [2.45, 2.75) is 37.3 Å². The molecule has 4 heteroatoms. The number of nitrogens with zero attached hydrogens (tertiary/aromatic N) is 2. The molecule has 0 saturated heterocycles. The minimum Gasteiger partial charge on any atom is -0.226 e. The highest BCUT2D eigenvalue weighted by Gasteiger charge is 2.51. The van der Waals surface area contributed by atoms with Crippen molar-refractivity contribution in [2.24, 2.45) is 5.92 Å². The van der Waals surface area contributed by atoms with Gasteiger partial charge in [0.15, 0.2) is 0 Å². The third-order valence-electron chi connectivity index (χ3n) is 5.80. The van der Waals surface area contributed by atoms with Gasteiger partial charge in [0.2, 0.25) is 0 Å². The summed E-state index contributed by atoms with van der Waals surface area (Å²) in [7, 11) is 0. The maximum Gasteiger partial charge on any atom is 0.509 e. The molecule has 2 aromatic carbocycles. The molecular weight excluding hydrogens is 423 g/mol. The Balaban J connectivity index is 2.07. The number of halogens is 2. The average molecular weight is 447 g/mol. The third-order valence-corrected chi connectivity index (χ3v) is 6.30. The Bertz CT molecular complexity index is 1040. The molecule has 1 aliphatic carbocycles. The van der Waals surface area contributed by atoms with E-state index in [0.29, 0.717) is 16.5 Å². The Hall–Kier alpha value is -2.78. The Kier molecular flexibility index (Phi) is 7.75. The Morgan fingerprint density at radius 1 is 1.03 bits per heavy atom. The van der Waals surface area contributed by atoms with Crippen molar-refractivity contribution in [2.75, 3.05) is 0 Å². The summed E-state index contributed by atoms with van der Waals surface area (Å²) >= 11 is 12.2. The molecule has 0 aliphatic heterocycles. The maximum absolute atomic E-state index is 7.84. The molecule has 31 heavy (non-hydrogen) atoms. The van der Waals surface area contributed by atoms with Crippen molar-refractivity contribution in [1.82, 2.24) is 0 Å². The van der Waals surface area contributed by atoms with E-state index in [2.05, 4.69) is 34.5 Å². The Morgan fingerprint density at radius 2 is 1.65 bits per heavy atom. The predicted molar refractivity (Wildman–Crippen MR) is 131 cm³/mol. The largest absolute Gasteiger partial charge is 0.509 e. The van der Waals surface area contributed by atoms with Crippen molar-refractivity contribution in [3.63, 3.8) is 0 Å². The summed E-state index contributed by atoms with van der Waals surface area (Å²) in [4.78, 5) is 7.63. The minimum atomic E-state index is -1.22. The molecule has 0 amide bonds. The fourth-order valence-electron chi connectivity index (χ4n) is 4.25. The fraction of sp³-hybridized carbons (Fsp3) is 0.259. The summed E-state index contributed by atoms with van der Waals surface area (Å²) in [6, 6.07) is 15.6. The molecule has 0 unspecified atom stereocenters. The van der Waals surface area contributed by atoms with Crippen LogP contribution in [0.2, 0.25) is 10.0 Å². The lowest BCUT2D eigenvalue weighted by molar-refractivity contribution is 0.429. The first-order valence-electron chi connectivity index (χ1n) is 10.3. The van der Waals surface area contributed by atoms with Gasteiger partial charge in [-0.2, -0.15) is 0 Å². The van der Waals surface area contributed by atoms with Crippen LogP contribution >= 0.6 is 23.2 Å². The number of rotatable bonds is 7. The highest BCUT2D eigenvalue weighted by Crippen LogP contribution is 2.46. The van der Waals surface area contributed by atoms with Crippen LogP contribution in [0.25, 0.3) is 15.8 Å².